The number of furan rings is 1. The SMILES string of the molecule is O=C1CCc2cc(Oc3ccco3)ccc2C1. The molecule has 0 unspecified atom stereocenters. The van der Waals surface area contributed by atoms with Gasteiger partial charge in [0.05, 0.1) is 6.26 Å². The Morgan fingerprint density at radius 1 is 1.12 bits per heavy atom. The van der Waals surface area contributed by atoms with Crippen LogP contribution in [0.4, 0.5) is 0 Å². The van der Waals surface area contributed by atoms with Crippen molar-refractivity contribution in [2.45, 2.75) is 19.3 Å². The Morgan fingerprint density at radius 3 is 2.88 bits per heavy atom. The minimum Gasteiger partial charge on any atom is -0.434 e. The number of hydrogen-bond donors (Lipinski definition) is 0. The maximum absolute atomic E-state index is 11.3. The fourth-order valence-electron chi connectivity index (χ4n) is 2.08. The van der Waals surface area contributed by atoms with E-state index in [4.69, 9.17) is 9.15 Å². The summed E-state index contributed by atoms with van der Waals surface area (Å²) in [6.45, 7) is 0. The number of fused-ring (bicyclic) bond motifs is 1. The first kappa shape index (κ1) is 10.1. The summed E-state index contributed by atoms with van der Waals surface area (Å²) >= 11 is 0. The van der Waals surface area contributed by atoms with E-state index in [1.807, 2.05) is 18.2 Å². The van der Waals surface area contributed by atoms with Gasteiger partial charge in [-0.1, -0.05) is 6.07 Å². The van der Waals surface area contributed by atoms with Crippen LogP contribution in [0.15, 0.2) is 41.0 Å². The van der Waals surface area contributed by atoms with Crippen LogP contribution in [-0.4, -0.2) is 5.78 Å². The van der Waals surface area contributed by atoms with Gasteiger partial charge in [0.25, 0.3) is 5.95 Å². The lowest BCUT2D eigenvalue weighted by atomic mass is 9.91. The monoisotopic (exact) mass is 228 g/mol. The highest BCUT2D eigenvalue weighted by Gasteiger charge is 2.16. The number of benzene rings is 1. The molecule has 2 aromatic rings. The molecule has 0 radical (unpaired) electrons. The standard InChI is InChI=1S/C14H12O3/c15-12-5-3-11-9-13(6-4-10(11)8-12)17-14-2-1-7-16-14/h1-2,4,6-7,9H,3,5,8H2. The second-order valence-corrected chi connectivity index (χ2v) is 4.18. The molecule has 3 rings (SSSR count). The highest BCUT2D eigenvalue weighted by Crippen LogP contribution is 2.27. The molecule has 0 fully saturated rings. The van der Waals surface area contributed by atoms with Gasteiger partial charge in [0.15, 0.2) is 0 Å². The van der Waals surface area contributed by atoms with Crippen LogP contribution in [0.5, 0.6) is 11.7 Å². The molecule has 0 spiro atoms. The number of ether oxygens (including phenoxy) is 1. The molecular weight excluding hydrogens is 216 g/mol. The van der Waals surface area contributed by atoms with E-state index < -0.39 is 0 Å². The van der Waals surface area contributed by atoms with Crippen LogP contribution in [0.3, 0.4) is 0 Å². The summed E-state index contributed by atoms with van der Waals surface area (Å²) in [4.78, 5) is 11.3. The lowest BCUT2D eigenvalue weighted by molar-refractivity contribution is -0.118. The van der Waals surface area contributed by atoms with Crippen molar-refractivity contribution in [3.8, 4) is 11.7 Å². The smallest absolute Gasteiger partial charge is 0.289 e. The maximum Gasteiger partial charge on any atom is 0.289 e. The van der Waals surface area contributed by atoms with Crippen molar-refractivity contribution < 1.29 is 13.9 Å². The maximum atomic E-state index is 11.3. The van der Waals surface area contributed by atoms with Gasteiger partial charge >= 0.3 is 0 Å². The van der Waals surface area contributed by atoms with E-state index >= 15 is 0 Å². The summed E-state index contributed by atoms with van der Waals surface area (Å²) < 4.78 is 10.7. The molecule has 0 saturated heterocycles. The number of carbonyl (C=O) groups excluding carboxylic acids is 1. The summed E-state index contributed by atoms with van der Waals surface area (Å²) in [5.74, 6) is 1.56. The fourth-order valence-corrected chi connectivity index (χ4v) is 2.08. The van der Waals surface area contributed by atoms with E-state index in [-0.39, 0.29) is 0 Å². The van der Waals surface area contributed by atoms with Gasteiger partial charge < -0.3 is 9.15 Å². The van der Waals surface area contributed by atoms with Crippen molar-refractivity contribution in [3.63, 3.8) is 0 Å². The van der Waals surface area contributed by atoms with E-state index in [0.29, 0.717) is 24.6 Å². The number of Topliss-reactive ketones (excluding diaryl/α,β-unsaturated/α-hetero) is 1. The van der Waals surface area contributed by atoms with Crippen LogP contribution in [0.1, 0.15) is 17.5 Å². The van der Waals surface area contributed by atoms with Crippen molar-refractivity contribution >= 4 is 5.78 Å². The summed E-state index contributed by atoms with van der Waals surface area (Å²) in [6.07, 6.45) is 3.57. The van der Waals surface area contributed by atoms with Crippen molar-refractivity contribution in [2.75, 3.05) is 0 Å². The average Bonchev–Trinajstić information content (AvgIpc) is 2.82. The number of ketones is 1. The zero-order valence-electron chi connectivity index (χ0n) is 9.31. The number of hydrogen-bond acceptors (Lipinski definition) is 3. The zero-order valence-corrected chi connectivity index (χ0v) is 9.31. The summed E-state index contributed by atoms with van der Waals surface area (Å²) in [6, 6.07) is 9.38. The first-order chi connectivity index (χ1) is 8.31. The van der Waals surface area contributed by atoms with Crippen molar-refractivity contribution in [2.24, 2.45) is 0 Å². The summed E-state index contributed by atoms with van der Waals surface area (Å²) in [5.41, 5.74) is 2.32. The van der Waals surface area contributed by atoms with Crippen LogP contribution in [0.25, 0.3) is 0 Å². The molecule has 86 valence electrons. The minimum atomic E-state index is 0.317. The Hall–Kier alpha value is -2.03. The third kappa shape index (κ3) is 2.09. The van der Waals surface area contributed by atoms with Gasteiger partial charge in [-0.2, -0.15) is 0 Å². The van der Waals surface area contributed by atoms with Gasteiger partial charge in [0.2, 0.25) is 0 Å². The molecule has 1 aliphatic rings. The molecule has 0 aliphatic heterocycles. The number of rotatable bonds is 2. The second kappa shape index (κ2) is 4.09. The van der Waals surface area contributed by atoms with E-state index in [1.165, 1.54) is 5.56 Å². The summed E-state index contributed by atoms with van der Waals surface area (Å²) in [5, 5.41) is 0. The highest BCUT2D eigenvalue weighted by atomic mass is 16.6. The molecule has 3 nitrogen and oxygen atoms in total. The lowest BCUT2D eigenvalue weighted by Gasteiger charge is -2.15. The first-order valence-electron chi connectivity index (χ1n) is 5.66. The van der Waals surface area contributed by atoms with Crippen LogP contribution in [0, 0.1) is 0 Å². The van der Waals surface area contributed by atoms with E-state index in [9.17, 15) is 4.79 Å². The molecule has 0 amide bonds. The lowest BCUT2D eigenvalue weighted by Crippen LogP contribution is -2.12. The summed E-state index contributed by atoms with van der Waals surface area (Å²) in [7, 11) is 0. The van der Waals surface area contributed by atoms with E-state index in [1.54, 1.807) is 18.4 Å². The largest absolute Gasteiger partial charge is 0.434 e. The number of carbonyl (C=O) groups is 1. The fraction of sp³-hybridized carbons (Fsp3) is 0.214. The second-order valence-electron chi connectivity index (χ2n) is 4.18. The molecule has 1 aromatic carbocycles. The molecule has 1 heterocycles. The van der Waals surface area contributed by atoms with Crippen LogP contribution >= 0.6 is 0 Å². The normalized spacial score (nSPS) is 14.5. The van der Waals surface area contributed by atoms with Gasteiger partial charge in [-0.05, 0) is 35.7 Å². The van der Waals surface area contributed by atoms with Crippen molar-refractivity contribution in [3.05, 3.63) is 47.7 Å². The predicted molar refractivity (Wildman–Crippen MR) is 62.3 cm³/mol. The predicted octanol–water partition coefficient (Wildman–Crippen LogP) is 3.13. The van der Waals surface area contributed by atoms with Gasteiger partial charge in [-0.3, -0.25) is 4.79 Å². The van der Waals surface area contributed by atoms with Gasteiger partial charge in [-0.25, -0.2) is 0 Å². The van der Waals surface area contributed by atoms with Crippen LogP contribution in [0.2, 0.25) is 0 Å². The van der Waals surface area contributed by atoms with Gasteiger partial charge in [0, 0.05) is 18.9 Å². The zero-order chi connectivity index (χ0) is 11.7. The highest BCUT2D eigenvalue weighted by molar-refractivity contribution is 5.83. The molecule has 0 bridgehead atoms. The Balaban J connectivity index is 1.86. The van der Waals surface area contributed by atoms with Crippen molar-refractivity contribution in [1.29, 1.82) is 0 Å². The van der Waals surface area contributed by atoms with Gasteiger partial charge in [-0.15, -0.1) is 0 Å². The Kier molecular flexibility index (Phi) is 2.44. The number of aryl methyl sites for hydroxylation is 1. The Bertz CT molecular complexity index is 541. The molecule has 0 atom stereocenters. The van der Waals surface area contributed by atoms with Crippen molar-refractivity contribution in [1.82, 2.24) is 0 Å². The average molecular weight is 228 g/mol. The first-order valence-corrected chi connectivity index (χ1v) is 5.66. The molecular formula is C14H12O3. The topological polar surface area (TPSA) is 39.4 Å². The Labute approximate surface area is 99.0 Å². The molecule has 1 aromatic heterocycles. The van der Waals surface area contributed by atoms with Crippen LogP contribution in [-0.2, 0) is 17.6 Å². The van der Waals surface area contributed by atoms with Gasteiger partial charge in [0.1, 0.15) is 11.5 Å². The molecule has 17 heavy (non-hydrogen) atoms. The quantitative estimate of drug-likeness (QED) is 0.792. The molecule has 1 aliphatic carbocycles. The molecule has 0 N–H and O–H groups in total. The van der Waals surface area contributed by atoms with E-state index in [2.05, 4.69) is 0 Å². The third-order valence-electron chi connectivity index (χ3n) is 2.95. The molecule has 3 heteroatoms. The Morgan fingerprint density at radius 2 is 2.06 bits per heavy atom. The minimum absolute atomic E-state index is 0.317. The molecule has 0 saturated carbocycles. The third-order valence-corrected chi connectivity index (χ3v) is 2.95. The van der Waals surface area contributed by atoms with E-state index in [0.717, 1.165) is 17.7 Å². The van der Waals surface area contributed by atoms with Crippen LogP contribution < -0.4 is 4.74 Å².